The van der Waals surface area contributed by atoms with Crippen molar-refractivity contribution in [2.45, 2.75) is 111 Å². The first-order valence-corrected chi connectivity index (χ1v) is 29.1. The Morgan fingerprint density at radius 2 is 1.37 bits per heavy atom. The van der Waals surface area contributed by atoms with Crippen molar-refractivity contribution in [3.63, 3.8) is 0 Å². The van der Waals surface area contributed by atoms with Gasteiger partial charge >= 0.3 is 20.3 Å². The van der Waals surface area contributed by atoms with Crippen molar-refractivity contribution in [1.82, 2.24) is 4.90 Å². The first-order valence-electron chi connectivity index (χ1n) is 22.4. The van der Waals surface area contributed by atoms with E-state index in [-0.39, 0.29) is 50.5 Å². The molecule has 0 spiro atoms. The van der Waals surface area contributed by atoms with Gasteiger partial charge in [-0.1, -0.05) is 136 Å². The van der Waals surface area contributed by atoms with E-state index in [2.05, 4.69) is 54.6 Å². The lowest BCUT2D eigenvalue weighted by Gasteiger charge is -2.47. The molecule has 1 amide bonds. The highest BCUT2D eigenvalue weighted by atomic mass is 32.2. The monoisotopic (exact) mass is 984 g/mol. The van der Waals surface area contributed by atoms with Gasteiger partial charge in [-0.25, -0.2) is 9.59 Å². The first kappa shape index (κ1) is 53.0. The number of nitro groups is 1. The minimum atomic E-state index is -3.33. The standard InChI is InChI=1S/C51H64N2O10S2Si2/c1-13-64-44-41(31-32-61-66(11,12)50(5,6)7)43(54)52(44)42(46(56)60-34-35-27-29-37(30-28-35)53(58)59)47(65-48(57)49(2,3)4)62-38-22-20-21-36(33-38)45(55)63-67(51(8,9)10,39-23-16-14-17-24-39)40-25-18-15-19-26-40/h14-30,33,41,44H,13,31-32,34H2,1-12H3/t41-,44+/m0/s1. The van der Waals surface area contributed by atoms with Crippen molar-refractivity contribution in [2.75, 3.05) is 12.4 Å². The van der Waals surface area contributed by atoms with Crippen molar-refractivity contribution >= 4 is 79.2 Å². The van der Waals surface area contributed by atoms with Crippen LogP contribution in [0, 0.1) is 21.4 Å². The van der Waals surface area contributed by atoms with Gasteiger partial charge in [0.15, 0.2) is 19.1 Å². The minimum Gasteiger partial charge on any atom is -0.506 e. The average Bonchev–Trinajstić information content (AvgIpc) is 3.27. The maximum absolute atomic E-state index is 14.7. The van der Waals surface area contributed by atoms with Gasteiger partial charge in [-0.15, -0.1) is 11.8 Å². The summed E-state index contributed by atoms with van der Waals surface area (Å²) in [7, 11) is -5.48. The zero-order valence-electron chi connectivity index (χ0n) is 40.7. The Balaban J connectivity index is 1.60. The molecule has 12 nitrogen and oxygen atoms in total. The van der Waals surface area contributed by atoms with Crippen LogP contribution in [0.2, 0.25) is 23.2 Å². The van der Waals surface area contributed by atoms with Crippen molar-refractivity contribution in [2.24, 2.45) is 11.3 Å². The lowest BCUT2D eigenvalue weighted by Crippen LogP contribution is -2.67. The van der Waals surface area contributed by atoms with Crippen LogP contribution in [0.1, 0.15) is 91.6 Å². The number of amides is 1. The van der Waals surface area contributed by atoms with Crippen molar-refractivity contribution in [3.05, 3.63) is 141 Å². The maximum atomic E-state index is 14.7. The lowest BCUT2D eigenvalue weighted by molar-refractivity contribution is -0.384. The quantitative estimate of drug-likeness (QED) is 0.0177. The molecule has 0 saturated carbocycles. The van der Waals surface area contributed by atoms with Crippen molar-refractivity contribution in [1.29, 1.82) is 0 Å². The SMILES string of the molecule is CCS[C@@H]1[C@@H](CCO[Si](C)(C)C(C)(C)C)C(=O)N1C(C(=O)OCc1ccc([N+](=O)[O-])cc1)=C(Oc1cccc(C(=O)O[Si](c2ccccc2)(c2ccccc2)C(C)(C)C)c1)SC(=O)C(C)(C)C. The van der Waals surface area contributed by atoms with Gasteiger partial charge in [0.1, 0.15) is 12.4 Å². The Hall–Kier alpha value is -5.01. The van der Waals surface area contributed by atoms with Crippen LogP contribution in [0.3, 0.4) is 0 Å². The van der Waals surface area contributed by atoms with Crippen LogP contribution in [0.4, 0.5) is 5.69 Å². The summed E-state index contributed by atoms with van der Waals surface area (Å²) in [5.74, 6) is -1.72. The van der Waals surface area contributed by atoms with Gasteiger partial charge < -0.3 is 18.3 Å². The molecule has 1 aliphatic rings. The molecule has 16 heteroatoms. The Morgan fingerprint density at radius 3 is 1.88 bits per heavy atom. The zero-order valence-corrected chi connectivity index (χ0v) is 44.3. The fraction of sp³-hybridized carbons (Fsp3) is 0.412. The molecule has 0 radical (unpaired) electrons. The Bertz CT molecular complexity index is 2410. The molecule has 5 rings (SSSR count). The van der Waals surface area contributed by atoms with Gasteiger partial charge in [0, 0.05) is 24.2 Å². The number of nitro benzene ring substituents is 1. The predicted molar refractivity (Wildman–Crippen MR) is 272 cm³/mol. The summed E-state index contributed by atoms with van der Waals surface area (Å²) in [6, 6.07) is 31.5. The van der Waals surface area contributed by atoms with Gasteiger partial charge in [-0.3, -0.25) is 24.6 Å². The largest absolute Gasteiger partial charge is 0.506 e. The van der Waals surface area contributed by atoms with Crippen molar-refractivity contribution in [3.8, 4) is 5.75 Å². The maximum Gasteiger partial charge on any atom is 0.359 e. The molecular weight excluding hydrogens is 921 g/mol. The number of rotatable bonds is 18. The molecule has 1 aliphatic heterocycles. The number of benzene rings is 4. The van der Waals surface area contributed by atoms with E-state index in [0.717, 1.165) is 10.4 Å². The third-order valence-electron chi connectivity index (χ3n) is 12.1. The summed E-state index contributed by atoms with van der Waals surface area (Å²) in [4.78, 5) is 69.9. The zero-order chi connectivity index (χ0) is 49.5. The molecule has 0 unspecified atom stereocenters. The molecule has 1 heterocycles. The molecule has 67 heavy (non-hydrogen) atoms. The van der Waals surface area contributed by atoms with E-state index in [1.54, 1.807) is 39.0 Å². The van der Waals surface area contributed by atoms with E-state index < -0.39 is 55.2 Å². The van der Waals surface area contributed by atoms with Gasteiger partial charge in [-0.05, 0) is 93.4 Å². The highest BCUT2D eigenvalue weighted by Gasteiger charge is 2.54. The van der Waals surface area contributed by atoms with Crippen molar-refractivity contribution < 1.29 is 42.4 Å². The number of nitrogens with zero attached hydrogens (tertiary/aromatic N) is 2. The Morgan fingerprint density at radius 1 is 0.791 bits per heavy atom. The molecule has 1 fully saturated rings. The molecule has 2 atom stereocenters. The number of thioether (sulfide) groups is 2. The number of esters is 1. The Labute approximate surface area is 406 Å². The number of carbonyl (C=O) groups is 4. The van der Waals surface area contributed by atoms with E-state index in [0.29, 0.717) is 36.1 Å². The molecule has 4 aromatic rings. The number of likely N-dealkylation sites (tertiary alicyclic amines) is 1. The summed E-state index contributed by atoms with van der Waals surface area (Å²) in [5, 5.41) is 11.5. The van der Waals surface area contributed by atoms with E-state index >= 15 is 0 Å². The summed E-state index contributed by atoms with van der Waals surface area (Å²) < 4.78 is 25.7. The summed E-state index contributed by atoms with van der Waals surface area (Å²) in [6.45, 7) is 24.2. The van der Waals surface area contributed by atoms with Crippen LogP contribution in [0.25, 0.3) is 0 Å². The molecule has 0 aliphatic carbocycles. The van der Waals surface area contributed by atoms with Crippen LogP contribution >= 0.6 is 23.5 Å². The summed E-state index contributed by atoms with van der Waals surface area (Å²) in [5.41, 5.74) is -0.700. The number of hydrogen-bond acceptors (Lipinski definition) is 12. The second kappa shape index (κ2) is 21.5. The number of β-lactam (4-membered cyclic amide) rings is 1. The van der Waals surface area contributed by atoms with Crippen LogP contribution in [-0.2, 0) is 34.6 Å². The van der Waals surface area contributed by atoms with Gasteiger partial charge in [0.25, 0.3) is 5.69 Å². The number of hydrogen-bond donors (Lipinski definition) is 0. The van der Waals surface area contributed by atoms with E-state index in [4.69, 9.17) is 18.3 Å². The van der Waals surface area contributed by atoms with Crippen LogP contribution in [-0.4, -0.2) is 67.2 Å². The average molecular weight is 985 g/mol. The van der Waals surface area contributed by atoms with E-state index in [1.807, 2.05) is 67.6 Å². The Kier molecular flexibility index (Phi) is 17.0. The second-order valence-corrected chi connectivity index (χ2v) is 31.4. The van der Waals surface area contributed by atoms with Gasteiger partial charge in [-0.2, -0.15) is 0 Å². The highest BCUT2D eigenvalue weighted by Crippen LogP contribution is 2.45. The van der Waals surface area contributed by atoms with Crippen LogP contribution < -0.4 is 15.1 Å². The predicted octanol–water partition coefficient (Wildman–Crippen LogP) is 10.9. The summed E-state index contributed by atoms with van der Waals surface area (Å²) >= 11 is 2.14. The topological polar surface area (TPSA) is 152 Å². The molecule has 358 valence electrons. The van der Waals surface area contributed by atoms with Gasteiger partial charge in [0.2, 0.25) is 11.0 Å². The van der Waals surface area contributed by atoms with Crippen LogP contribution in [0.15, 0.2) is 120 Å². The minimum absolute atomic E-state index is 0.0396. The number of carbonyl (C=O) groups excluding carboxylic acids is 4. The molecule has 0 N–H and O–H groups in total. The van der Waals surface area contributed by atoms with Crippen LogP contribution in [0.5, 0.6) is 5.75 Å². The van der Waals surface area contributed by atoms with E-state index in [9.17, 15) is 29.3 Å². The summed E-state index contributed by atoms with van der Waals surface area (Å²) in [6.07, 6.45) is 0.407. The smallest absolute Gasteiger partial charge is 0.359 e. The lowest BCUT2D eigenvalue weighted by atomic mass is 9.94. The van der Waals surface area contributed by atoms with E-state index in [1.165, 1.54) is 47.0 Å². The number of ether oxygens (including phenoxy) is 2. The molecule has 0 bridgehead atoms. The molecule has 0 aromatic heterocycles. The van der Waals surface area contributed by atoms with Gasteiger partial charge in [0.05, 0.1) is 21.8 Å². The molecule has 4 aromatic carbocycles. The fourth-order valence-electron chi connectivity index (χ4n) is 7.25. The third-order valence-corrected chi connectivity index (χ3v) is 24.0. The second-order valence-electron chi connectivity index (χ2n) is 20.0. The normalized spacial score (nSPS) is 16.1. The fourth-order valence-corrected chi connectivity index (χ4v) is 14.7. The molecular formula is C51H64N2O10S2Si2. The number of non-ortho nitro benzene ring substituents is 1. The third kappa shape index (κ3) is 12.4. The highest BCUT2D eigenvalue weighted by molar-refractivity contribution is 8.16. The first-order chi connectivity index (χ1) is 31.3. The molecule has 1 saturated heterocycles.